The number of aromatic amines is 1. The van der Waals surface area contributed by atoms with E-state index in [1.807, 2.05) is 0 Å². The summed E-state index contributed by atoms with van der Waals surface area (Å²) in [5, 5.41) is 3.11. The molecule has 0 bridgehead atoms. The molecule has 0 aliphatic rings. The van der Waals surface area contributed by atoms with Crippen LogP contribution in [-0.4, -0.2) is 21.6 Å². The predicted octanol–water partition coefficient (Wildman–Crippen LogP) is 3.81. The van der Waals surface area contributed by atoms with Gasteiger partial charge in [-0.05, 0) is 24.3 Å². The fraction of sp³-hybridized carbons (Fsp3) is 0.167. The summed E-state index contributed by atoms with van der Waals surface area (Å²) >= 11 is 0.377. The highest BCUT2D eigenvalue weighted by atomic mass is 32.2. The fourth-order valence-electron chi connectivity index (χ4n) is 2.47. The molecule has 0 atom stereocenters. The van der Waals surface area contributed by atoms with E-state index in [4.69, 9.17) is 0 Å². The number of alkyl halides is 2. The second-order valence-electron chi connectivity index (χ2n) is 5.45. The Hall–Kier alpha value is -2.74. The molecule has 2 N–H and O–H groups in total. The number of para-hydroxylation sites is 2. The standard InChI is InChI=1S/C18H15F2N3O2S/c19-18(20)26-14-8-4-3-7-13(14)22-16(24)10-9-15-21-12-6-2-1-5-11(12)17(25)23-15/h1-8,18H,9-10H2,(H,22,24)(H,21,23,25). The van der Waals surface area contributed by atoms with Crippen LogP contribution in [0.4, 0.5) is 14.5 Å². The number of carbonyl (C=O) groups excluding carboxylic acids is 1. The summed E-state index contributed by atoms with van der Waals surface area (Å²) in [7, 11) is 0. The van der Waals surface area contributed by atoms with Crippen LogP contribution < -0.4 is 10.9 Å². The van der Waals surface area contributed by atoms with Crippen LogP contribution in [0.3, 0.4) is 0 Å². The number of benzene rings is 2. The maximum atomic E-state index is 12.6. The summed E-state index contributed by atoms with van der Waals surface area (Å²) in [6.07, 6.45) is 0.297. The first-order valence-corrected chi connectivity index (χ1v) is 8.72. The molecule has 0 aliphatic heterocycles. The van der Waals surface area contributed by atoms with Crippen molar-refractivity contribution in [1.29, 1.82) is 0 Å². The number of amides is 1. The molecule has 3 rings (SSSR count). The lowest BCUT2D eigenvalue weighted by atomic mass is 10.2. The van der Waals surface area contributed by atoms with Gasteiger partial charge in [-0.3, -0.25) is 9.59 Å². The summed E-state index contributed by atoms with van der Waals surface area (Å²) in [4.78, 5) is 31.4. The number of nitrogens with one attached hydrogen (secondary N) is 2. The number of rotatable bonds is 6. The van der Waals surface area contributed by atoms with Gasteiger partial charge in [0.05, 0.1) is 16.6 Å². The quantitative estimate of drug-likeness (QED) is 0.643. The van der Waals surface area contributed by atoms with Crippen molar-refractivity contribution in [2.24, 2.45) is 0 Å². The number of aromatic nitrogens is 2. The highest BCUT2D eigenvalue weighted by Crippen LogP contribution is 2.31. The third-order valence-corrected chi connectivity index (χ3v) is 4.42. The van der Waals surface area contributed by atoms with Crippen molar-refractivity contribution < 1.29 is 13.6 Å². The minimum atomic E-state index is -2.57. The van der Waals surface area contributed by atoms with E-state index in [0.717, 1.165) is 0 Å². The van der Waals surface area contributed by atoms with E-state index >= 15 is 0 Å². The van der Waals surface area contributed by atoms with E-state index in [2.05, 4.69) is 15.3 Å². The Kier molecular flexibility index (Phi) is 5.62. The molecule has 0 spiro atoms. The Bertz CT molecular complexity index is 991. The number of aryl methyl sites for hydroxylation is 1. The average molecular weight is 375 g/mol. The number of hydrogen-bond donors (Lipinski definition) is 2. The van der Waals surface area contributed by atoms with E-state index in [9.17, 15) is 18.4 Å². The van der Waals surface area contributed by atoms with Gasteiger partial charge in [0.25, 0.3) is 11.3 Å². The van der Waals surface area contributed by atoms with Crippen LogP contribution in [0.25, 0.3) is 10.9 Å². The molecular weight excluding hydrogens is 360 g/mol. The first-order valence-electron chi connectivity index (χ1n) is 7.84. The molecule has 8 heteroatoms. The van der Waals surface area contributed by atoms with Crippen LogP contribution in [0.2, 0.25) is 0 Å². The summed E-state index contributed by atoms with van der Waals surface area (Å²) < 4.78 is 25.2. The Balaban J connectivity index is 1.67. The number of halogens is 2. The molecule has 134 valence electrons. The van der Waals surface area contributed by atoms with Crippen molar-refractivity contribution in [2.45, 2.75) is 23.5 Å². The second kappa shape index (κ2) is 8.09. The largest absolute Gasteiger partial charge is 0.325 e. The van der Waals surface area contributed by atoms with E-state index in [-0.39, 0.29) is 24.3 Å². The number of H-pyrrole nitrogens is 1. The molecule has 0 saturated carbocycles. The predicted molar refractivity (Wildman–Crippen MR) is 97.6 cm³/mol. The van der Waals surface area contributed by atoms with Gasteiger partial charge >= 0.3 is 0 Å². The molecule has 5 nitrogen and oxygen atoms in total. The van der Waals surface area contributed by atoms with Crippen LogP contribution in [0, 0.1) is 0 Å². The van der Waals surface area contributed by atoms with Gasteiger partial charge in [-0.1, -0.05) is 36.0 Å². The first kappa shape index (κ1) is 18.1. The van der Waals surface area contributed by atoms with Crippen LogP contribution >= 0.6 is 11.8 Å². The number of thioether (sulfide) groups is 1. The number of hydrogen-bond acceptors (Lipinski definition) is 4. The summed E-state index contributed by atoms with van der Waals surface area (Å²) in [5.41, 5.74) is 0.637. The van der Waals surface area contributed by atoms with E-state index in [1.54, 1.807) is 42.5 Å². The topological polar surface area (TPSA) is 74.8 Å². The van der Waals surface area contributed by atoms with Gasteiger partial charge in [0.1, 0.15) is 5.82 Å². The Morgan fingerprint density at radius 1 is 1.15 bits per heavy atom. The molecule has 2 aromatic carbocycles. The van der Waals surface area contributed by atoms with Gasteiger partial charge in [-0.2, -0.15) is 8.78 Å². The average Bonchev–Trinajstić information content (AvgIpc) is 2.61. The van der Waals surface area contributed by atoms with Crippen molar-refractivity contribution >= 4 is 34.3 Å². The molecule has 0 aliphatic carbocycles. The third kappa shape index (κ3) is 4.45. The Labute approximate surface area is 151 Å². The molecule has 3 aromatic rings. The smallest absolute Gasteiger partial charge is 0.288 e. The molecular formula is C18H15F2N3O2S. The van der Waals surface area contributed by atoms with Crippen molar-refractivity contribution in [3.05, 3.63) is 64.7 Å². The maximum absolute atomic E-state index is 12.6. The van der Waals surface area contributed by atoms with Crippen LogP contribution in [-0.2, 0) is 11.2 Å². The maximum Gasteiger partial charge on any atom is 0.288 e. The molecule has 26 heavy (non-hydrogen) atoms. The summed E-state index contributed by atoms with van der Waals surface area (Å²) in [6.45, 7) is 0. The van der Waals surface area contributed by atoms with Gasteiger partial charge in [0.2, 0.25) is 5.91 Å². The van der Waals surface area contributed by atoms with Crippen LogP contribution in [0.1, 0.15) is 12.2 Å². The lowest BCUT2D eigenvalue weighted by molar-refractivity contribution is -0.116. The molecule has 0 unspecified atom stereocenters. The van der Waals surface area contributed by atoms with Gasteiger partial charge < -0.3 is 10.3 Å². The van der Waals surface area contributed by atoms with E-state index in [0.29, 0.717) is 39.1 Å². The zero-order valence-corrected chi connectivity index (χ0v) is 14.4. The summed E-state index contributed by atoms with van der Waals surface area (Å²) in [5.74, 6) is -2.51. The third-order valence-electron chi connectivity index (χ3n) is 3.63. The first-order chi connectivity index (χ1) is 12.5. The zero-order valence-electron chi connectivity index (χ0n) is 13.5. The Morgan fingerprint density at radius 3 is 2.69 bits per heavy atom. The number of carbonyl (C=O) groups is 1. The van der Waals surface area contributed by atoms with E-state index < -0.39 is 5.76 Å². The van der Waals surface area contributed by atoms with Gasteiger partial charge in [-0.15, -0.1) is 0 Å². The minimum absolute atomic E-state index is 0.0644. The SMILES string of the molecule is O=C(CCc1nc2ccccc2c(=O)[nH]1)Nc1ccccc1SC(F)F. The molecule has 0 radical (unpaired) electrons. The van der Waals surface area contributed by atoms with Crippen molar-refractivity contribution in [3.8, 4) is 0 Å². The lowest BCUT2D eigenvalue weighted by Gasteiger charge is -2.10. The molecule has 0 fully saturated rings. The highest BCUT2D eigenvalue weighted by Gasteiger charge is 2.12. The fourth-order valence-corrected chi connectivity index (χ4v) is 3.06. The highest BCUT2D eigenvalue weighted by molar-refractivity contribution is 7.99. The van der Waals surface area contributed by atoms with Crippen molar-refractivity contribution in [3.63, 3.8) is 0 Å². The monoisotopic (exact) mass is 375 g/mol. The van der Waals surface area contributed by atoms with Crippen LogP contribution in [0.15, 0.2) is 58.2 Å². The van der Waals surface area contributed by atoms with Gasteiger partial charge in [-0.25, -0.2) is 4.98 Å². The second-order valence-corrected chi connectivity index (χ2v) is 6.48. The van der Waals surface area contributed by atoms with Crippen LogP contribution in [0.5, 0.6) is 0 Å². The summed E-state index contributed by atoms with van der Waals surface area (Å²) in [6, 6.07) is 13.3. The number of nitrogens with zero attached hydrogens (tertiary/aromatic N) is 1. The normalized spacial score (nSPS) is 11.0. The van der Waals surface area contributed by atoms with Crippen molar-refractivity contribution in [1.82, 2.24) is 9.97 Å². The van der Waals surface area contributed by atoms with Gasteiger partial charge in [0, 0.05) is 17.7 Å². The lowest BCUT2D eigenvalue weighted by Crippen LogP contribution is -2.16. The molecule has 0 saturated heterocycles. The van der Waals surface area contributed by atoms with E-state index in [1.165, 1.54) is 6.07 Å². The zero-order chi connectivity index (χ0) is 18.5. The molecule has 1 amide bonds. The van der Waals surface area contributed by atoms with Crippen molar-refractivity contribution in [2.75, 3.05) is 5.32 Å². The van der Waals surface area contributed by atoms with Gasteiger partial charge in [0.15, 0.2) is 0 Å². The number of fused-ring (bicyclic) bond motifs is 1. The molecule has 1 heterocycles. The molecule has 1 aromatic heterocycles. The number of anilines is 1. The Morgan fingerprint density at radius 2 is 1.88 bits per heavy atom. The minimum Gasteiger partial charge on any atom is -0.325 e.